The molecule has 18 heavy (non-hydrogen) atoms. The van der Waals surface area contributed by atoms with Gasteiger partial charge in [0.1, 0.15) is 5.52 Å². The van der Waals surface area contributed by atoms with E-state index in [2.05, 4.69) is 10.1 Å². The van der Waals surface area contributed by atoms with Crippen LogP contribution >= 0.6 is 0 Å². The first kappa shape index (κ1) is 10.3. The minimum absolute atomic E-state index is 0.150. The summed E-state index contributed by atoms with van der Waals surface area (Å²) in [6.07, 6.45) is 1.55. The van der Waals surface area contributed by atoms with Crippen LogP contribution in [0.1, 0.15) is 10.5 Å². The van der Waals surface area contributed by atoms with E-state index in [0.717, 1.165) is 0 Å². The molecule has 4 N–H and O–H groups in total. The standard InChI is InChI=1S/C11H9N5O2/c12-6-1-2-7-9(5-6)18-11(14-7)16-4-3-8(15-16)10(13)17/h1-5H,12H2,(H2,13,17). The molecule has 0 atom stereocenters. The molecule has 0 unspecified atom stereocenters. The van der Waals surface area contributed by atoms with Crippen LogP contribution in [-0.4, -0.2) is 20.7 Å². The van der Waals surface area contributed by atoms with Crippen molar-refractivity contribution >= 4 is 22.7 Å². The van der Waals surface area contributed by atoms with Crippen molar-refractivity contribution in [3.63, 3.8) is 0 Å². The van der Waals surface area contributed by atoms with E-state index in [-0.39, 0.29) is 11.7 Å². The third kappa shape index (κ3) is 1.58. The summed E-state index contributed by atoms with van der Waals surface area (Å²) >= 11 is 0. The number of hydrogen-bond acceptors (Lipinski definition) is 5. The number of fused-ring (bicyclic) bond motifs is 1. The Morgan fingerprint density at radius 1 is 1.33 bits per heavy atom. The first-order valence-corrected chi connectivity index (χ1v) is 5.15. The Labute approximate surface area is 101 Å². The largest absolute Gasteiger partial charge is 0.422 e. The maximum absolute atomic E-state index is 10.9. The molecule has 2 heterocycles. The molecule has 0 aliphatic carbocycles. The lowest BCUT2D eigenvalue weighted by Gasteiger charge is -1.91. The van der Waals surface area contributed by atoms with Gasteiger partial charge in [-0.05, 0) is 18.2 Å². The number of primary amides is 1. The highest BCUT2D eigenvalue weighted by Crippen LogP contribution is 2.20. The molecule has 7 nitrogen and oxygen atoms in total. The van der Waals surface area contributed by atoms with Gasteiger partial charge in [-0.25, -0.2) is 0 Å². The highest BCUT2D eigenvalue weighted by Gasteiger charge is 2.11. The summed E-state index contributed by atoms with van der Waals surface area (Å²) in [5.41, 5.74) is 12.7. The number of hydrogen-bond donors (Lipinski definition) is 2. The molecule has 0 saturated heterocycles. The molecular weight excluding hydrogens is 234 g/mol. The molecule has 3 rings (SSSR count). The van der Waals surface area contributed by atoms with Crippen LogP contribution in [0, 0.1) is 0 Å². The lowest BCUT2D eigenvalue weighted by atomic mass is 10.3. The molecule has 3 aromatic rings. The topological polar surface area (TPSA) is 113 Å². The minimum Gasteiger partial charge on any atom is -0.422 e. The molecule has 0 radical (unpaired) electrons. The van der Waals surface area contributed by atoms with Crippen LogP contribution in [0.5, 0.6) is 0 Å². The number of amides is 1. The van der Waals surface area contributed by atoms with Crippen LogP contribution in [0.25, 0.3) is 17.1 Å². The van der Waals surface area contributed by atoms with Gasteiger partial charge in [-0.1, -0.05) is 0 Å². The number of nitrogens with zero attached hydrogens (tertiary/aromatic N) is 3. The molecule has 0 saturated carbocycles. The highest BCUT2D eigenvalue weighted by atomic mass is 16.4. The summed E-state index contributed by atoms with van der Waals surface area (Å²) in [5.74, 6) is -0.603. The van der Waals surface area contributed by atoms with Crippen molar-refractivity contribution in [1.82, 2.24) is 14.8 Å². The van der Waals surface area contributed by atoms with E-state index in [1.54, 1.807) is 24.4 Å². The van der Waals surface area contributed by atoms with Crippen LogP contribution in [0.2, 0.25) is 0 Å². The Hall–Kier alpha value is -2.83. The Morgan fingerprint density at radius 3 is 2.89 bits per heavy atom. The Bertz CT molecular complexity index is 743. The second kappa shape index (κ2) is 3.59. The highest BCUT2D eigenvalue weighted by molar-refractivity contribution is 5.90. The minimum atomic E-state index is -0.603. The number of aromatic nitrogens is 3. The van der Waals surface area contributed by atoms with Gasteiger partial charge in [-0.15, -0.1) is 0 Å². The lowest BCUT2D eigenvalue weighted by molar-refractivity contribution is 0.0995. The lowest BCUT2D eigenvalue weighted by Crippen LogP contribution is -2.12. The number of carbonyl (C=O) groups is 1. The summed E-state index contributed by atoms with van der Waals surface area (Å²) in [6.45, 7) is 0. The smallest absolute Gasteiger partial charge is 0.323 e. The van der Waals surface area contributed by atoms with Gasteiger partial charge in [0.05, 0.1) is 0 Å². The van der Waals surface area contributed by atoms with Crippen molar-refractivity contribution in [3.05, 3.63) is 36.2 Å². The van der Waals surface area contributed by atoms with Gasteiger partial charge in [0.2, 0.25) is 0 Å². The number of nitrogen functional groups attached to an aromatic ring is 1. The van der Waals surface area contributed by atoms with Crippen LogP contribution in [0.15, 0.2) is 34.9 Å². The van der Waals surface area contributed by atoms with Gasteiger partial charge in [-0.3, -0.25) is 4.79 Å². The van der Waals surface area contributed by atoms with E-state index < -0.39 is 5.91 Å². The summed E-state index contributed by atoms with van der Waals surface area (Å²) in [7, 11) is 0. The van der Waals surface area contributed by atoms with Crippen molar-refractivity contribution in [1.29, 1.82) is 0 Å². The van der Waals surface area contributed by atoms with Crippen molar-refractivity contribution in [2.45, 2.75) is 0 Å². The van der Waals surface area contributed by atoms with Crippen LogP contribution in [0.4, 0.5) is 5.69 Å². The number of oxazole rings is 1. The molecule has 0 bridgehead atoms. The molecule has 0 spiro atoms. The number of carbonyl (C=O) groups excluding carboxylic acids is 1. The van der Waals surface area contributed by atoms with Gasteiger partial charge < -0.3 is 15.9 Å². The van der Waals surface area contributed by atoms with Crippen molar-refractivity contribution in [2.24, 2.45) is 5.73 Å². The van der Waals surface area contributed by atoms with Gasteiger partial charge >= 0.3 is 6.01 Å². The molecule has 1 aromatic carbocycles. The number of rotatable bonds is 2. The third-order valence-electron chi connectivity index (χ3n) is 2.44. The summed E-state index contributed by atoms with van der Waals surface area (Å²) in [6, 6.07) is 6.89. The maximum Gasteiger partial charge on any atom is 0.323 e. The quantitative estimate of drug-likeness (QED) is 0.643. The van der Waals surface area contributed by atoms with E-state index in [1.807, 2.05) is 0 Å². The van der Waals surface area contributed by atoms with Crippen LogP contribution in [-0.2, 0) is 0 Å². The number of nitrogens with two attached hydrogens (primary N) is 2. The average Bonchev–Trinajstić information content (AvgIpc) is 2.93. The van der Waals surface area contributed by atoms with Crippen molar-refractivity contribution in [2.75, 3.05) is 5.73 Å². The van der Waals surface area contributed by atoms with E-state index in [4.69, 9.17) is 15.9 Å². The molecule has 1 amide bonds. The fraction of sp³-hybridized carbons (Fsp3) is 0. The van der Waals surface area contributed by atoms with Crippen molar-refractivity contribution in [3.8, 4) is 6.01 Å². The second-order valence-corrected chi connectivity index (χ2v) is 3.73. The predicted molar refractivity (Wildman–Crippen MR) is 64.1 cm³/mol. The summed E-state index contributed by atoms with van der Waals surface area (Å²) in [4.78, 5) is 15.2. The molecule has 2 aromatic heterocycles. The Balaban J connectivity index is 2.10. The number of anilines is 1. The van der Waals surface area contributed by atoms with Crippen molar-refractivity contribution < 1.29 is 9.21 Å². The second-order valence-electron chi connectivity index (χ2n) is 3.73. The summed E-state index contributed by atoms with van der Waals surface area (Å²) < 4.78 is 6.83. The molecule has 0 aliphatic rings. The molecule has 7 heteroatoms. The third-order valence-corrected chi connectivity index (χ3v) is 2.44. The van der Waals surface area contributed by atoms with E-state index >= 15 is 0 Å². The normalized spacial score (nSPS) is 10.9. The van der Waals surface area contributed by atoms with Crippen LogP contribution < -0.4 is 11.5 Å². The Morgan fingerprint density at radius 2 is 2.17 bits per heavy atom. The monoisotopic (exact) mass is 243 g/mol. The first-order valence-electron chi connectivity index (χ1n) is 5.15. The molecule has 0 aliphatic heterocycles. The zero-order valence-electron chi connectivity index (χ0n) is 9.20. The van der Waals surface area contributed by atoms with Crippen LogP contribution in [0.3, 0.4) is 0 Å². The number of benzene rings is 1. The average molecular weight is 243 g/mol. The Kier molecular flexibility index (Phi) is 2.06. The fourth-order valence-electron chi connectivity index (χ4n) is 1.59. The first-order chi connectivity index (χ1) is 8.63. The summed E-state index contributed by atoms with van der Waals surface area (Å²) in [5, 5.41) is 3.95. The maximum atomic E-state index is 10.9. The molecular formula is C11H9N5O2. The van der Waals surface area contributed by atoms with Gasteiger partial charge in [0.25, 0.3) is 5.91 Å². The van der Waals surface area contributed by atoms with Gasteiger partial charge in [-0.2, -0.15) is 14.8 Å². The molecule has 90 valence electrons. The SMILES string of the molecule is NC(=O)c1ccn(-c2nc3ccc(N)cc3o2)n1. The zero-order chi connectivity index (χ0) is 12.7. The van der Waals surface area contributed by atoms with Gasteiger partial charge in [0, 0.05) is 18.0 Å². The van der Waals surface area contributed by atoms with E-state index in [9.17, 15) is 4.79 Å². The van der Waals surface area contributed by atoms with E-state index in [1.165, 1.54) is 10.7 Å². The zero-order valence-corrected chi connectivity index (χ0v) is 9.20. The van der Waals surface area contributed by atoms with Gasteiger partial charge in [0.15, 0.2) is 11.3 Å². The molecule has 0 fully saturated rings. The predicted octanol–water partition coefficient (Wildman–Crippen LogP) is 0.695. The van der Waals surface area contributed by atoms with E-state index in [0.29, 0.717) is 16.8 Å². The fourth-order valence-corrected chi connectivity index (χ4v) is 1.59.